The lowest BCUT2D eigenvalue weighted by Gasteiger charge is -2.16. The first-order valence-corrected chi connectivity index (χ1v) is 6.28. The number of fused-ring (bicyclic) bond motifs is 1. The predicted octanol–water partition coefficient (Wildman–Crippen LogP) is 1.93. The van der Waals surface area contributed by atoms with Gasteiger partial charge in [-0.2, -0.15) is 0 Å². The summed E-state index contributed by atoms with van der Waals surface area (Å²) in [7, 11) is 0. The summed E-state index contributed by atoms with van der Waals surface area (Å²) in [6, 6.07) is 5.71. The fourth-order valence-electron chi connectivity index (χ4n) is 2.06. The summed E-state index contributed by atoms with van der Waals surface area (Å²) in [5.41, 5.74) is 10.7. The fourth-order valence-corrected chi connectivity index (χ4v) is 2.59. The molecular formula is C12H11N3OS. The van der Waals surface area contributed by atoms with Crippen LogP contribution in [0.4, 0.5) is 11.4 Å². The van der Waals surface area contributed by atoms with E-state index >= 15 is 0 Å². The zero-order valence-electron chi connectivity index (χ0n) is 9.09. The molecule has 2 aromatic rings. The minimum atomic E-state index is -0.0457. The second-order valence-corrected chi connectivity index (χ2v) is 4.69. The molecule has 0 fully saturated rings. The molecule has 4 nitrogen and oxygen atoms in total. The number of anilines is 2. The quantitative estimate of drug-likeness (QED) is 0.781. The van der Waals surface area contributed by atoms with Gasteiger partial charge < -0.3 is 10.6 Å². The van der Waals surface area contributed by atoms with Gasteiger partial charge in [0.2, 0.25) is 0 Å². The Labute approximate surface area is 103 Å². The number of amides is 1. The largest absolute Gasteiger partial charge is 0.399 e. The summed E-state index contributed by atoms with van der Waals surface area (Å²) >= 11 is 1.43. The first-order chi connectivity index (χ1) is 8.25. The topological polar surface area (TPSA) is 59.2 Å². The zero-order chi connectivity index (χ0) is 11.8. The molecule has 0 saturated heterocycles. The van der Waals surface area contributed by atoms with Crippen LogP contribution in [0, 0.1) is 0 Å². The standard InChI is InChI=1S/C12H11N3OS/c13-9-2-1-8-3-4-15(11(8)5-9)12(16)10-6-17-7-14-10/h1-2,5-7H,3-4,13H2. The number of thiazole rings is 1. The van der Waals surface area contributed by atoms with E-state index in [1.807, 2.05) is 18.2 Å². The molecule has 1 amide bonds. The van der Waals surface area contributed by atoms with Crippen LogP contribution in [-0.2, 0) is 6.42 Å². The average Bonchev–Trinajstić information content (AvgIpc) is 2.97. The third kappa shape index (κ3) is 1.68. The fraction of sp³-hybridized carbons (Fsp3) is 0.167. The number of hydrogen-bond donors (Lipinski definition) is 1. The molecular weight excluding hydrogens is 234 g/mol. The van der Waals surface area contributed by atoms with Crippen molar-refractivity contribution in [1.82, 2.24) is 4.98 Å². The number of aromatic nitrogens is 1. The van der Waals surface area contributed by atoms with Gasteiger partial charge in [0.15, 0.2) is 0 Å². The lowest BCUT2D eigenvalue weighted by Crippen LogP contribution is -2.29. The predicted molar refractivity (Wildman–Crippen MR) is 68.3 cm³/mol. The molecule has 0 saturated carbocycles. The second-order valence-electron chi connectivity index (χ2n) is 3.97. The van der Waals surface area contributed by atoms with Gasteiger partial charge in [0.05, 0.1) is 5.51 Å². The Bertz CT molecular complexity index is 565. The molecule has 86 valence electrons. The minimum Gasteiger partial charge on any atom is -0.399 e. The van der Waals surface area contributed by atoms with Crippen molar-refractivity contribution in [3.63, 3.8) is 0 Å². The number of carbonyl (C=O) groups excluding carboxylic acids is 1. The van der Waals surface area contributed by atoms with E-state index in [1.54, 1.807) is 15.8 Å². The van der Waals surface area contributed by atoms with Crippen molar-refractivity contribution in [3.8, 4) is 0 Å². The highest BCUT2D eigenvalue weighted by Gasteiger charge is 2.26. The molecule has 0 spiro atoms. The number of nitrogens with zero attached hydrogens (tertiary/aromatic N) is 2. The van der Waals surface area contributed by atoms with Crippen molar-refractivity contribution in [1.29, 1.82) is 0 Å². The van der Waals surface area contributed by atoms with Crippen LogP contribution in [0.15, 0.2) is 29.1 Å². The lowest BCUT2D eigenvalue weighted by atomic mass is 10.1. The van der Waals surface area contributed by atoms with Gasteiger partial charge in [-0.3, -0.25) is 4.79 Å². The molecule has 3 rings (SSSR count). The van der Waals surface area contributed by atoms with Gasteiger partial charge in [-0.1, -0.05) is 6.07 Å². The molecule has 5 heteroatoms. The van der Waals surface area contributed by atoms with Gasteiger partial charge in [-0.25, -0.2) is 4.98 Å². The smallest absolute Gasteiger partial charge is 0.277 e. The highest BCUT2D eigenvalue weighted by atomic mass is 32.1. The number of hydrogen-bond acceptors (Lipinski definition) is 4. The molecule has 0 radical (unpaired) electrons. The van der Waals surface area contributed by atoms with Crippen molar-refractivity contribution in [3.05, 3.63) is 40.3 Å². The van der Waals surface area contributed by atoms with E-state index in [0.29, 0.717) is 17.9 Å². The molecule has 0 unspecified atom stereocenters. The molecule has 17 heavy (non-hydrogen) atoms. The first kappa shape index (κ1) is 10.3. The van der Waals surface area contributed by atoms with Crippen LogP contribution >= 0.6 is 11.3 Å². The van der Waals surface area contributed by atoms with E-state index in [2.05, 4.69) is 4.98 Å². The van der Waals surface area contributed by atoms with E-state index in [-0.39, 0.29) is 5.91 Å². The van der Waals surface area contributed by atoms with E-state index in [9.17, 15) is 4.79 Å². The van der Waals surface area contributed by atoms with E-state index < -0.39 is 0 Å². The summed E-state index contributed by atoms with van der Waals surface area (Å²) in [6.45, 7) is 0.704. The van der Waals surface area contributed by atoms with Crippen molar-refractivity contribution in [2.75, 3.05) is 17.2 Å². The maximum absolute atomic E-state index is 12.2. The highest BCUT2D eigenvalue weighted by Crippen LogP contribution is 2.30. The number of nitrogen functional groups attached to an aromatic ring is 1. The van der Waals surface area contributed by atoms with E-state index in [1.165, 1.54) is 16.9 Å². The summed E-state index contributed by atoms with van der Waals surface area (Å²) in [6.07, 6.45) is 0.880. The van der Waals surface area contributed by atoms with E-state index in [0.717, 1.165) is 12.1 Å². The van der Waals surface area contributed by atoms with Crippen LogP contribution in [0.1, 0.15) is 16.1 Å². The maximum atomic E-state index is 12.2. The van der Waals surface area contributed by atoms with Gasteiger partial charge in [-0.15, -0.1) is 11.3 Å². The summed E-state index contributed by atoms with van der Waals surface area (Å²) in [5.74, 6) is -0.0457. The number of carbonyl (C=O) groups is 1. The van der Waals surface area contributed by atoms with Gasteiger partial charge in [0.25, 0.3) is 5.91 Å². The number of rotatable bonds is 1. The lowest BCUT2D eigenvalue weighted by molar-refractivity contribution is 0.0985. The Morgan fingerprint density at radius 1 is 1.47 bits per heavy atom. The monoisotopic (exact) mass is 245 g/mol. The van der Waals surface area contributed by atoms with Crippen molar-refractivity contribution in [2.45, 2.75) is 6.42 Å². The van der Waals surface area contributed by atoms with Crippen LogP contribution < -0.4 is 10.6 Å². The van der Waals surface area contributed by atoms with Crippen molar-refractivity contribution in [2.24, 2.45) is 0 Å². The second kappa shape index (κ2) is 3.85. The molecule has 0 atom stereocenters. The summed E-state index contributed by atoms with van der Waals surface area (Å²) in [5, 5.41) is 1.77. The van der Waals surface area contributed by atoms with Crippen LogP contribution in [0.25, 0.3) is 0 Å². The minimum absolute atomic E-state index is 0.0457. The van der Waals surface area contributed by atoms with Gasteiger partial charge in [0, 0.05) is 23.3 Å². The van der Waals surface area contributed by atoms with Gasteiger partial charge in [0.1, 0.15) is 5.69 Å². The Morgan fingerprint density at radius 3 is 3.12 bits per heavy atom. The first-order valence-electron chi connectivity index (χ1n) is 5.34. The maximum Gasteiger partial charge on any atom is 0.277 e. The van der Waals surface area contributed by atoms with Gasteiger partial charge >= 0.3 is 0 Å². The number of nitrogens with two attached hydrogens (primary N) is 1. The Hall–Kier alpha value is -1.88. The molecule has 1 aliphatic heterocycles. The zero-order valence-corrected chi connectivity index (χ0v) is 9.91. The van der Waals surface area contributed by atoms with Crippen LogP contribution in [0.2, 0.25) is 0 Å². The summed E-state index contributed by atoms with van der Waals surface area (Å²) < 4.78 is 0. The summed E-state index contributed by atoms with van der Waals surface area (Å²) in [4.78, 5) is 18.0. The van der Waals surface area contributed by atoms with Crippen LogP contribution in [0.3, 0.4) is 0 Å². The molecule has 2 heterocycles. The Balaban J connectivity index is 1.98. The van der Waals surface area contributed by atoms with Gasteiger partial charge in [-0.05, 0) is 24.1 Å². The average molecular weight is 245 g/mol. The molecule has 0 aliphatic carbocycles. The van der Waals surface area contributed by atoms with Crippen LogP contribution in [0.5, 0.6) is 0 Å². The third-order valence-corrected chi connectivity index (χ3v) is 3.49. The van der Waals surface area contributed by atoms with Crippen LogP contribution in [-0.4, -0.2) is 17.4 Å². The SMILES string of the molecule is Nc1ccc2c(c1)N(C(=O)c1cscn1)CC2. The van der Waals surface area contributed by atoms with E-state index in [4.69, 9.17) is 5.73 Å². The highest BCUT2D eigenvalue weighted by molar-refractivity contribution is 7.07. The molecule has 1 aromatic heterocycles. The molecule has 1 aliphatic rings. The Kier molecular flexibility index (Phi) is 2.33. The van der Waals surface area contributed by atoms with Crippen molar-refractivity contribution >= 4 is 28.6 Å². The Morgan fingerprint density at radius 2 is 2.35 bits per heavy atom. The molecule has 0 bridgehead atoms. The molecule has 1 aromatic carbocycles. The van der Waals surface area contributed by atoms with Crippen molar-refractivity contribution < 1.29 is 4.79 Å². The normalized spacial score (nSPS) is 13.8. The molecule has 2 N–H and O–H groups in total. The number of benzene rings is 1. The third-order valence-electron chi connectivity index (χ3n) is 2.90.